The molecule has 1 aliphatic heterocycles. The Morgan fingerprint density at radius 2 is 2.17 bits per heavy atom. The molecule has 0 radical (unpaired) electrons. The average Bonchev–Trinajstić information content (AvgIpc) is 2.34. The molecule has 0 aromatic heterocycles. The Hall–Kier alpha value is -1.23. The summed E-state index contributed by atoms with van der Waals surface area (Å²) in [6.45, 7) is 0. The summed E-state index contributed by atoms with van der Waals surface area (Å²) in [6.07, 6.45) is 2.71. The van der Waals surface area contributed by atoms with Crippen LogP contribution in [0.4, 0.5) is 15.8 Å². The maximum absolute atomic E-state index is 12.9. The number of rotatable bonds is 3. The first-order chi connectivity index (χ1) is 8.65. The van der Waals surface area contributed by atoms with Gasteiger partial charge in [-0.25, -0.2) is 4.39 Å². The number of nitrogen functional groups attached to an aromatic ring is 1. The molecule has 1 heterocycles. The standard InChI is InChI=1S/C13H17FN2OS/c14-10-1-2-12(11(15)8-10)16-13(17)7-9-3-5-18-6-4-9/h1-2,8-9H,3-7,15H2,(H,16,17). The zero-order chi connectivity index (χ0) is 13.0. The van der Waals surface area contributed by atoms with Crippen LogP contribution in [0, 0.1) is 11.7 Å². The first-order valence-corrected chi connectivity index (χ1v) is 7.23. The molecule has 98 valence electrons. The van der Waals surface area contributed by atoms with Crippen molar-refractivity contribution in [2.75, 3.05) is 22.6 Å². The molecule has 3 N–H and O–H groups in total. The fraction of sp³-hybridized carbons (Fsp3) is 0.462. The minimum Gasteiger partial charge on any atom is -0.397 e. The normalized spacial score (nSPS) is 16.5. The summed E-state index contributed by atoms with van der Waals surface area (Å²) in [6, 6.07) is 4.01. The van der Waals surface area contributed by atoms with Gasteiger partial charge in [-0.1, -0.05) is 0 Å². The number of anilines is 2. The van der Waals surface area contributed by atoms with E-state index in [0.717, 1.165) is 24.3 Å². The zero-order valence-corrected chi connectivity index (χ0v) is 10.9. The number of nitrogens with two attached hydrogens (primary N) is 1. The largest absolute Gasteiger partial charge is 0.397 e. The molecule has 1 fully saturated rings. The molecule has 0 spiro atoms. The first-order valence-electron chi connectivity index (χ1n) is 6.08. The predicted octanol–water partition coefficient (Wildman–Crippen LogP) is 2.88. The van der Waals surface area contributed by atoms with E-state index in [1.165, 1.54) is 18.2 Å². The van der Waals surface area contributed by atoms with Crippen molar-refractivity contribution in [2.24, 2.45) is 5.92 Å². The number of thioether (sulfide) groups is 1. The third-order valence-corrected chi connectivity index (χ3v) is 4.15. The van der Waals surface area contributed by atoms with Crippen molar-refractivity contribution in [3.05, 3.63) is 24.0 Å². The van der Waals surface area contributed by atoms with Crippen LogP contribution in [-0.2, 0) is 4.79 Å². The van der Waals surface area contributed by atoms with Crippen LogP contribution in [0.15, 0.2) is 18.2 Å². The van der Waals surface area contributed by atoms with Gasteiger partial charge in [-0.05, 0) is 48.5 Å². The van der Waals surface area contributed by atoms with Crippen LogP contribution in [0.1, 0.15) is 19.3 Å². The molecule has 1 aromatic rings. The molecular weight excluding hydrogens is 251 g/mol. The highest BCUT2D eigenvalue weighted by Gasteiger charge is 2.17. The fourth-order valence-electron chi connectivity index (χ4n) is 2.06. The van der Waals surface area contributed by atoms with Crippen molar-refractivity contribution in [1.29, 1.82) is 0 Å². The average molecular weight is 268 g/mol. The van der Waals surface area contributed by atoms with Crippen LogP contribution in [0.2, 0.25) is 0 Å². The topological polar surface area (TPSA) is 55.1 Å². The number of halogens is 1. The van der Waals surface area contributed by atoms with Gasteiger partial charge in [-0.3, -0.25) is 4.79 Å². The molecule has 3 nitrogen and oxygen atoms in total. The zero-order valence-electron chi connectivity index (χ0n) is 10.1. The Bertz CT molecular complexity index is 433. The van der Waals surface area contributed by atoms with Gasteiger partial charge >= 0.3 is 0 Å². The number of carbonyl (C=O) groups is 1. The molecule has 1 aromatic carbocycles. The molecular formula is C13H17FN2OS. The number of hydrogen-bond acceptors (Lipinski definition) is 3. The van der Waals surface area contributed by atoms with Crippen LogP contribution in [0.3, 0.4) is 0 Å². The van der Waals surface area contributed by atoms with Crippen LogP contribution in [0.25, 0.3) is 0 Å². The summed E-state index contributed by atoms with van der Waals surface area (Å²) in [7, 11) is 0. The quantitative estimate of drug-likeness (QED) is 0.829. The molecule has 0 atom stereocenters. The minimum absolute atomic E-state index is 0.0368. The van der Waals surface area contributed by atoms with E-state index in [-0.39, 0.29) is 11.6 Å². The molecule has 2 rings (SSSR count). The molecule has 5 heteroatoms. The maximum atomic E-state index is 12.9. The van der Waals surface area contributed by atoms with Crippen molar-refractivity contribution in [3.8, 4) is 0 Å². The summed E-state index contributed by atoms with van der Waals surface area (Å²) < 4.78 is 12.9. The van der Waals surface area contributed by atoms with Crippen molar-refractivity contribution >= 4 is 29.0 Å². The minimum atomic E-state index is -0.394. The maximum Gasteiger partial charge on any atom is 0.224 e. The van der Waals surface area contributed by atoms with E-state index >= 15 is 0 Å². The first kappa shape index (κ1) is 13.2. The lowest BCUT2D eigenvalue weighted by Crippen LogP contribution is -2.20. The lowest BCUT2D eigenvalue weighted by atomic mass is 9.98. The van der Waals surface area contributed by atoms with Crippen molar-refractivity contribution in [1.82, 2.24) is 0 Å². The van der Waals surface area contributed by atoms with Crippen molar-refractivity contribution in [2.45, 2.75) is 19.3 Å². The Balaban J connectivity index is 1.90. The van der Waals surface area contributed by atoms with Gasteiger partial charge in [-0.15, -0.1) is 0 Å². The third-order valence-electron chi connectivity index (χ3n) is 3.10. The number of carbonyl (C=O) groups excluding carboxylic acids is 1. The highest BCUT2D eigenvalue weighted by atomic mass is 32.2. The van der Waals surface area contributed by atoms with Crippen LogP contribution < -0.4 is 11.1 Å². The number of nitrogens with one attached hydrogen (secondary N) is 1. The molecule has 0 unspecified atom stereocenters. The lowest BCUT2D eigenvalue weighted by molar-refractivity contribution is -0.117. The smallest absolute Gasteiger partial charge is 0.224 e. The molecule has 1 saturated heterocycles. The van der Waals surface area contributed by atoms with Gasteiger partial charge in [0.25, 0.3) is 0 Å². The summed E-state index contributed by atoms with van der Waals surface area (Å²) in [5.74, 6) is 2.31. The van der Waals surface area contributed by atoms with Crippen LogP contribution >= 0.6 is 11.8 Å². The third kappa shape index (κ3) is 3.63. The number of amides is 1. The van der Waals surface area contributed by atoms with E-state index < -0.39 is 5.82 Å². The Morgan fingerprint density at radius 3 is 2.83 bits per heavy atom. The van der Waals surface area contributed by atoms with Gasteiger partial charge in [0, 0.05) is 6.42 Å². The SMILES string of the molecule is Nc1cc(F)ccc1NC(=O)CC1CCSCC1. The highest BCUT2D eigenvalue weighted by molar-refractivity contribution is 7.99. The lowest BCUT2D eigenvalue weighted by Gasteiger charge is -2.20. The fourth-order valence-corrected chi connectivity index (χ4v) is 3.27. The van der Waals surface area contributed by atoms with E-state index in [1.807, 2.05) is 11.8 Å². The Labute approximate surface area is 110 Å². The van der Waals surface area contributed by atoms with Gasteiger partial charge in [0.2, 0.25) is 5.91 Å². The van der Waals surface area contributed by atoms with E-state index in [9.17, 15) is 9.18 Å². The molecule has 0 aliphatic carbocycles. The van der Waals surface area contributed by atoms with E-state index in [1.54, 1.807) is 0 Å². The van der Waals surface area contributed by atoms with Gasteiger partial charge in [-0.2, -0.15) is 11.8 Å². The Kier molecular flexibility index (Phi) is 4.47. The van der Waals surface area contributed by atoms with Crippen LogP contribution in [-0.4, -0.2) is 17.4 Å². The summed E-state index contributed by atoms with van der Waals surface area (Å²) >= 11 is 1.94. The van der Waals surface area contributed by atoms with Crippen molar-refractivity contribution in [3.63, 3.8) is 0 Å². The monoisotopic (exact) mass is 268 g/mol. The van der Waals surface area contributed by atoms with Crippen molar-refractivity contribution < 1.29 is 9.18 Å². The Morgan fingerprint density at radius 1 is 1.44 bits per heavy atom. The summed E-state index contributed by atoms with van der Waals surface area (Å²) in [4.78, 5) is 11.9. The number of hydrogen-bond donors (Lipinski definition) is 2. The summed E-state index contributed by atoms with van der Waals surface area (Å²) in [5.41, 5.74) is 6.40. The predicted molar refractivity (Wildman–Crippen MR) is 74.1 cm³/mol. The molecule has 0 saturated carbocycles. The van der Waals surface area contributed by atoms with Gasteiger partial charge in [0.05, 0.1) is 11.4 Å². The summed E-state index contributed by atoms with van der Waals surface area (Å²) in [5, 5.41) is 2.75. The molecule has 18 heavy (non-hydrogen) atoms. The molecule has 1 amide bonds. The van der Waals surface area contributed by atoms with E-state index in [2.05, 4.69) is 5.32 Å². The van der Waals surface area contributed by atoms with Gasteiger partial charge in [0.15, 0.2) is 0 Å². The molecule has 0 bridgehead atoms. The van der Waals surface area contributed by atoms with Crippen LogP contribution in [0.5, 0.6) is 0 Å². The second kappa shape index (κ2) is 6.09. The van der Waals surface area contributed by atoms with Gasteiger partial charge in [0.1, 0.15) is 5.82 Å². The van der Waals surface area contributed by atoms with E-state index in [4.69, 9.17) is 5.73 Å². The highest BCUT2D eigenvalue weighted by Crippen LogP contribution is 2.26. The van der Waals surface area contributed by atoms with Gasteiger partial charge < -0.3 is 11.1 Å². The second-order valence-electron chi connectivity index (χ2n) is 4.54. The van der Waals surface area contributed by atoms with E-state index in [0.29, 0.717) is 18.0 Å². The molecule has 1 aliphatic rings. The second-order valence-corrected chi connectivity index (χ2v) is 5.76. The number of benzene rings is 1.